The molecule has 0 aromatic heterocycles. The number of amides is 1. The van der Waals surface area contributed by atoms with E-state index < -0.39 is 0 Å². The van der Waals surface area contributed by atoms with Crippen LogP contribution in [-0.2, 0) is 0 Å². The third-order valence-corrected chi connectivity index (χ3v) is 5.71. The molecule has 1 N–H and O–H groups in total. The van der Waals surface area contributed by atoms with E-state index in [2.05, 4.69) is 17.4 Å². The molecule has 0 aliphatic heterocycles. The molecule has 0 fully saturated rings. The van der Waals surface area contributed by atoms with Gasteiger partial charge in [-0.05, 0) is 61.5 Å². The van der Waals surface area contributed by atoms with Crippen LogP contribution in [0.1, 0.15) is 28.9 Å². The molecule has 0 saturated carbocycles. The minimum Gasteiger partial charge on any atom is -0.497 e. The molecule has 6 heteroatoms. The number of hydrogen-bond acceptors (Lipinski definition) is 5. The van der Waals surface area contributed by atoms with E-state index in [0.29, 0.717) is 23.7 Å². The first-order chi connectivity index (χ1) is 15.1. The minimum absolute atomic E-state index is 0.163. The number of ether oxygens (including phenoxy) is 3. The number of carbonyl (C=O) groups excluding carboxylic acids is 1. The second-order valence-electron chi connectivity index (χ2n) is 6.84. The summed E-state index contributed by atoms with van der Waals surface area (Å²) >= 11 is 1.75. The molecular weight excluding hydrogens is 410 g/mol. The molecule has 0 bridgehead atoms. The van der Waals surface area contributed by atoms with Crippen LogP contribution in [0.15, 0.2) is 77.7 Å². The standard InChI is InChI=1S/C25H27NO4S/c1-18(23-17-21(28-2)13-14-24(23)29-3)26-25(27)19-9-11-20(12-10-19)30-15-16-31-22-7-5-4-6-8-22/h4-14,17-18H,15-16H2,1-3H3,(H,26,27)/t18-/m0/s1. The summed E-state index contributed by atoms with van der Waals surface area (Å²) in [6.45, 7) is 2.51. The van der Waals surface area contributed by atoms with Gasteiger partial charge in [0, 0.05) is 21.8 Å². The van der Waals surface area contributed by atoms with Crippen LogP contribution in [0.3, 0.4) is 0 Å². The van der Waals surface area contributed by atoms with Gasteiger partial charge >= 0.3 is 0 Å². The van der Waals surface area contributed by atoms with E-state index in [9.17, 15) is 4.79 Å². The molecule has 0 heterocycles. The van der Waals surface area contributed by atoms with Crippen molar-refractivity contribution in [3.63, 3.8) is 0 Å². The highest BCUT2D eigenvalue weighted by Gasteiger charge is 2.16. The van der Waals surface area contributed by atoms with Gasteiger partial charge in [-0.25, -0.2) is 0 Å². The van der Waals surface area contributed by atoms with Crippen molar-refractivity contribution in [2.75, 3.05) is 26.6 Å². The number of rotatable bonds is 10. The Labute approximate surface area is 187 Å². The van der Waals surface area contributed by atoms with E-state index in [-0.39, 0.29) is 11.9 Å². The van der Waals surface area contributed by atoms with Crippen LogP contribution in [-0.4, -0.2) is 32.5 Å². The molecule has 3 rings (SSSR count). The Morgan fingerprint density at radius 2 is 1.65 bits per heavy atom. The van der Waals surface area contributed by atoms with Crippen molar-refractivity contribution < 1.29 is 19.0 Å². The highest BCUT2D eigenvalue weighted by Crippen LogP contribution is 2.29. The second-order valence-corrected chi connectivity index (χ2v) is 8.01. The van der Waals surface area contributed by atoms with Gasteiger partial charge in [0.2, 0.25) is 0 Å². The van der Waals surface area contributed by atoms with Crippen LogP contribution in [0.2, 0.25) is 0 Å². The van der Waals surface area contributed by atoms with Gasteiger partial charge in [0.15, 0.2) is 0 Å². The average molecular weight is 438 g/mol. The number of benzene rings is 3. The summed E-state index contributed by atoms with van der Waals surface area (Å²) in [4.78, 5) is 13.9. The lowest BCUT2D eigenvalue weighted by Gasteiger charge is -2.18. The largest absolute Gasteiger partial charge is 0.497 e. The maximum Gasteiger partial charge on any atom is 0.251 e. The number of nitrogens with one attached hydrogen (secondary N) is 1. The zero-order valence-corrected chi connectivity index (χ0v) is 18.8. The fraction of sp³-hybridized carbons (Fsp3) is 0.240. The minimum atomic E-state index is -0.247. The summed E-state index contributed by atoms with van der Waals surface area (Å²) < 4.78 is 16.5. The van der Waals surface area contributed by atoms with E-state index in [0.717, 1.165) is 17.1 Å². The van der Waals surface area contributed by atoms with Crippen LogP contribution in [0.4, 0.5) is 0 Å². The smallest absolute Gasteiger partial charge is 0.251 e. The van der Waals surface area contributed by atoms with Crippen LogP contribution in [0.25, 0.3) is 0 Å². The first-order valence-corrected chi connectivity index (χ1v) is 11.0. The lowest BCUT2D eigenvalue weighted by atomic mass is 10.1. The van der Waals surface area contributed by atoms with Gasteiger partial charge in [-0.1, -0.05) is 18.2 Å². The topological polar surface area (TPSA) is 56.8 Å². The van der Waals surface area contributed by atoms with Gasteiger partial charge < -0.3 is 19.5 Å². The van der Waals surface area contributed by atoms with E-state index in [1.807, 2.05) is 55.5 Å². The summed E-state index contributed by atoms with van der Waals surface area (Å²) in [5.41, 5.74) is 1.42. The third-order valence-electron chi connectivity index (χ3n) is 4.73. The Morgan fingerprint density at radius 1 is 0.935 bits per heavy atom. The molecule has 0 aliphatic rings. The van der Waals surface area contributed by atoms with E-state index in [1.54, 1.807) is 38.1 Å². The lowest BCUT2D eigenvalue weighted by Crippen LogP contribution is -2.26. The predicted molar refractivity (Wildman–Crippen MR) is 125 cm³/mol. The monoisotopic (exact) mass is 437 g/mol. The molecule has 162 valence electrons. The van der Waals surface area contributed by atoms with Crippen molar-refractivity contribution in [2.24, 2.45) is 0 Å². The zero-order chi connectivity index (χ0) is 22.1. The van der Waals surface area contributed by atoms with Crippen LogP contribution in [0, 0.1) is 0 Å². The molecule has 0 radical (unpaired) electrons. The number of methoxy groups -OCH3 is 2. The number of hydrogen-bond donors (Lipinski definition) is 1. The molecule has 0 saturated heterocycles. The molecule has 1 amide bonds. The predicted octanol–water partition coefficient (Wildman–Crippen LogP) is 5.37. The van der Waals surface area contributed by atoms with Crippen LogP contribution >= 0.6 is 11.8 Å². The molecule has 0 unspecified atom stereocenters. The third kappa shape index (κ3) is 6.43. The SMILES string of the molecule is COc1ccc(OC)c([C@H](C)NC(=O)c2ccc(OCCSc3ccccc3)cc2)c1. The molecule has 0 spiro atoms. The van der Waals surface area contributed by atoms with Gasteiger partial charge in [0.1, 0.15) is 17.2 Å². The molecule has 1 atom stereocenters. The van der Waals surface area contributed by atoms with Crippen molar-refractivity contribution in [1.82, 2.24) is 5.32 Å². The van der Waals surface area contributed by atoms with Gasteiger partial charge in [-0.3, -0.25) is 4.79 Å². The Hall–Kier alpha value is -3.12. The van der Waals surface area contributed by atoms with E-state index in [4.69, 9.17) is 14.2 Å². The lowest BCUT2D eigenvalue weighted by molar-refractivity contribution is 0.0939. The molecule has 3 aromatic rings. The quantitative estimate of drug-likeness (QED) is 0.342. The summed E-state index contributed by atoms with van der Waals surface area (Å²) in [6.07, 6.45) is 0. The van der Waals surface area contributed by atoms with Crippen molar-refractivity contribution in [3.05, 3.63) is 83.9 Å². The number of thioether (sulfide) groups is 1. The second kappa shape index (κ2) is 11.3. The van der Waals surface area contributed by atoms with Gasteiger partial charge in [0.05, 0.1) is 26.9 Å². The average Bonchev–Trinajstić information content (AvgIpc) is 2.82. The van der Waals surface area contributed by atoms with Crippen molar-refractivity contribution in [1.29, 1.82) is 0 Å². The van der Waals surface area contributed by atoms with Crippen molar-refractivity contribution >= 4 is 17.7 Å². The summed E-state index contributed by atoms with van der Waals surface area (Å²) in [6, 6.07) is 22.7. The first kappa shape index (κ1) is 22.6. The normalized spacial score (nSPS) is 11.5. The first-order valence-electron chi connectivity index (χ1n) is 10.0. The van der Waals surface area contributed by atoms with Crippen molar-refractivity contribution in [3.8, 4) is 17.2 Å². The van der Waals surface area contributed by atoms with E-state index in [1.165, 1.54) is 4.90 Å². The highest BCUT2D eigenvalue weighted by atomic mass is 32.2. The van der Waals surface area contributed by atoms with Crippen LogP contribution in [0.5, 0.6) is 17.2 Å². The van der Waals surface area contributed by atoms with Crippen LogP contribution < -0.4 is 19.5 Å². The maximum atomic E-state index is 12.7. The number of carbonyl (C=O) groups is 1. The van der Waals surface area contributed by atoms with Gasteiger partial charge in [-0.15, -0.1) is 11.8 Å². The molecular formula is C25H27NO4S. The maximum absolute atomic E-state index is 12.7. The molecule has 5 nitrogen and oxygen atoms in total. The van der Waals surface area contributed by atoms with Crippen molar-refractivity contribution in [2.45, 2.75) is 17.9 Å². The summed E-state index contributed by atoms with van der Waals surface area (Å²) in [5, 5.41) is 3.01. The molecule has 0 aliphatic carbocycles. The van der Waals surface area contributed by atoms with E-state index >= 15 is 0 Å². The van der Waals surface area contributed by atoms with Gasteiger partial charge in [-0.2, -0.15) is 0 Å². The Balaban J connectivity index is 1.53. The van der Waals surface area contributed by atoms with Gasteiger partial charge in [0.25, 0.3) is 5.91 Å². The fourth-order valence-electron chi connectivity index (χ4n) is 3.07. The summed E-state index contributed by atoms with van der Waals surface area (Å²) in [5.74, 6) is 2.84. The Morgan fingerprint density at radius 3 is 2.32 bits per heavy atom. The zero-order valence-electron chi connectivity index (χ0n) is 18.0. The highest BCUT2D eigenvalue weighted by molar-refractivity contribution is 7.99. The summed E-state index contributed by atoms with van der Waals surface area (Å²) in [7, 11) is 3.22. The molecule has 31 heavy (non-hydrogen) atoms. The Bertz CT molecular complexity index is 977. The molecule has 3 aromatic carbocycles. The Kier molecular flexibility index (Phi) is 8.24. The fourth-order valence-corrected chi connectivity index (χ4v) is 3.83.